The number of amides is 1. The van der Waals surface area contributed by atoms with E-state index in [1.165, 1.54) is 0 Å². The zero-order valence-electron chi connectivity index (χ0n) is 10.1. The van der Waals surface area contributed by atoms with Gasteiger partial charge in [-0.15, -0.1) is 0 Å². The number of carbonyl (C=O) groups is 1. The first-order valence-electron chi connectivity index (χ1n) is 5.59. The molecule has 0 saturated carbocycles. The fourth-order valence-corrected chi connectivity index (χ4v) is 2.65. The topological polar surface area (TPSA) is 66.5 Å². The van der Waals surface area contributed by atoms with Crippen LogP contribution in [-0.4, -0.2) is 43.6 Å². The Kier molecular flexibility index (Phi) is 4.32. The summed E-state index contributed by atoms with van der Waals surface area (Å²) in [5.74, 6) is 0.0603. The molecule has 1 amide bonds. The van der Waals surface area contributed by atoms with Crippen molar-refractivity contribution in [1.82, 2.24) is 9.62 Å². The van der Waals surface area contributed by atoms with Gasteiger partial charge in [0.1, 0.15) is 0 Å². The first-order chi connectivity index (χ1) is 7.33. The van der Waals surface area contributed by atoms with E-state index in [4.69, 9.17) is 0 Å². The van der Waals surface area contributed by atoms with Gasteiger partial charge >= 0.3 is 0 Å². The molecule has 1 saturated heterocycles. The molecule has 16 heavy (non-hydrogen) atoms. The van der Waals surface area contributed by atoms with Gasteiger partial charge in [-0.2, -0.15) is 0 Å². The lowest BCUT2D eigenvalue weighted by Gasteiger charge is -2.31. The van der Waals surface area contributed by atoms with Crippen LogP contribution in [0.25, 0.3) is 0 Å². The van der Waals surface area contributed by atoms with Gasteiger partial charge in [0, 0.05) is 26.1 Å². The Labute approximate surface area is 97.2 Å². The van der Waals surface area contributed by atoms with Crippen LogP contribution in [0.4, 0.5) is 0 Å². The maximum Gasteiger partial charge on any atom is 0.219 e. The van der Waals surface area contributed by atoms with Crippen molar-refractivity contribution in [3.05, 3.63) is 0 Å². The third kappa shape index (κ3) is 3.45. The standard InChI is InChI=1S/C10H20N2O3S/c1-8(2)16(14,15)11-10-4-6-12(7-5-10)9(3)13/h8,10-11H,4-7H2,1-3H3. The number of hydrogen-bond acceptors (Lipinski definition) is 3. The SMILES string of the molecule is CC(=O)N1CCC(NS(=O)(=O)C(C)C)CC1. The van der Waals surface area contributed by atoms with Crippen LogP contribution in [-0.2, 0) is 14.8 Å². The van der Waals surface area contributed by atoms with Crippen molar-refractivity contribution in [3.63, 3.8) is 0 Å². The Morgan fingerprint density at radius 1 is 1.31 bits per heavy atom. The first kappa shape index (κ1) is 13.4. The molecule has 0 unspecified atom stereocenters. The maximum absolute atomic E-state index is 11.6. The summed E-state index contributed by atoms with van der Waals surface area (Å²) in [5.41, 5.74) is 0. The summed E-state index contributed by atoms with van der Waals surface area (Å²) in [6.07, 6.45) is 1.40. The van der Waals surface area contributed by atoms with E-state index < -0.39 is 15.3 Å². The van der Waals surface area contributed by atoms with E-state index in [-0.39, 0.29) is 11.9 Å². The zero-order valence-corrected chi connectivity index (χ0v) is 10.9. The molecule has 0 bridgehead atoms. The Morgan fingerprint density at radius 2 is 1.81 bits per heavy atom. The number of rotatable bonds is 3. The highest BCUT2D eigenvalue weighted by Gasteiger charge is 2.25. The molecule has 1 heterocycles. The molecule has 1 aliphatic rings. The van der Waals surface area contributed by atoms with E-state index in [0.29, 0.717) is 25.9 Å². The van der Waals surface area contributed by atoms with Crippen LogP contribution in [0.15, 0.2) is 0 Å². The van der Waals surface area contributed by atoms with E-state index in [1.807, 2.05) is 0 Å². The van der Waals surface area contributed by atoms with Gasteiger partial charge in [0.2, 0.25) is 15.9 Å². The van der Waals surface area contributed by atoms with E-state index in [1.54, 1.807) is 25.7 Å². The predicted octanol–water partition coefficient (Wildman–Crippen LogP) is 0.325. The van der Waals surface area contributed by atoms with E-state index in [2.05, 4.69) is 4.72 Å². The van der Waals surface area contributed by atoms with Crippen molar-refractivity contribution >= 4 is 15.9 Å². The quantitative estimate of drug-likeness (QED) is 0.782. The predicted molar refractivity (Wildman–Crippen MR) is 62.5 cm³/mol. The summed E-state index contributed by atoms with van der Waals surface area (Å²) in [6.45, 7) is 6.14. The summed E-state index contributed by atoms with van der Waals surface area (Å²) in [5, 5.41) is -0.404. The average molecular weight is 248 g/mol. The third-order valence-corrected chi connectivity index (χ3v) is 4.79. The normalized spacial score (nSPS) is 19.1. The van der Waals surface area contributed by atoms with E-state index in [9.17, 15) is 13.2 Å². The van der Waals surface area contributed by atoms with E-state index in [0.717, 1.165) is 0 Å². The second-order valence-corrected chi connectivity index (χ2v) is 6.76. The minimum absolute atomic E-state index is 0.0250. The van der Waals surface area contributed by atoms with Crippen molar-refractivity contribution < 1.29 is 13.2 Å². The van der Waals surface area contributed by atoms with Crippen molar-refractivity contribution in [2.24, 2.45) is 0 Å². The van der Waals surface area contributed by atoms with Crippen molar-refractivity contribution in [3.8, 4) is 0 Å². The molecule has 1 aliphatic heterocycles. The second kappa shape index (κ2) is 5.14. The number of hydrogen-bond donors (Lipinski definition) is 1. The monoisotopic (exact) mass is 248 g/mol. The lowest BCUT2D eigenvalue weighted by atomic mass is 10.1. The zero-order chi connectivity index (χ0) is 12.3. The largest absolute Gasteiger partial charge is 0.343 e. The number of nitrogens with one attached hydrogen (secondary N) is 1. The number of sulfonamides is 1. The summed E-state index contributed by atoms with van der Waals surface area (Å²) in [7, 11) is -3.19. The number of nitrogens with zero attached hydrogens (tertiary/aromatic N) is 1. The van der Waals surface area contributed by atoms with Crippen molar-refractivity contribution in [2.75, 3.05) is 13.1 Å². The fourth-order valence-electron chi connectivity index (χ4n) is 1.68. The van der Waals surface area contributed by atoms with Crippen LogP contribution in [0.1, 0.15) is 33.6 Å². The molecule has 0 atom stereocenters. The van der Waals surface area contributed by atoms with Gasteiger partial charge in [-0.3, -0.25) is 4.79 Å². The highest BCUT2D eigenvalue weighted by Crippen LogP contribution is 2.12. The molecule has 0 spiro atoms. The van der Waals surface area contributed by atoms with Crippen LogP contribution >= 0.6 is 0 Å². The van der Waals surface area contributed by atoms with Crippen LogP contribution in [0.3, 0.4) is 0 Å². The average Bonchev–Trinajstić information content (AvgIpc) is 2.17. The summed E-state index contributed by atoms with van der Waals surface area (Å²) in [6, 6.07) is -0.0250. The van der Waals surface area contributed by atoms with Gasteiger partial charge < -0.3 is 4.90 Å². The molecule has 6 heteroatoms. The van der Waals surface area contributed by atoms with Gasteiger partial charge in [-0.1, -0.05) is 0 Å². The molecule has 0 aromatic rings. The maximum atomic E-state index is 11.6. The highest BCUT2D eigenvalue weighted by molar-refractivity contribution is 7.90. The Balaban J connectivity index is 2.47. The molecule has 0 radical (unpaired) electrons. The lowest BCUT2D eigenvalue weighted by Crippen LogP contribution is -2.47. The molecule has 1 rings (SSSR count). The molecule has 0 aliphatic carbocycles. The highest BCUT2D eigenvalue weighted by atomic mass is 32.2. The number of likely N-dealkylation sites (tertiary alicyclic amines) is 1. The number of piperidine rings is 1. The van der Waals surface area contributed by atoms with Crippen molar-refractivity contribution in [2.45, 2.75) is 44.9 Å². The molecule has 0 aromatic heterocycles. The molecule has 0 aromatic carbocycles. The van der Waals surface area contributed by atoms with Gasteiger partial charge in [0.05, 0.1) is 5.25 Å². The Morgan fingerprint density at radius 3 is 2.19 bits per heavy atom. The van der Waals surface area contributed by atoms with Gasteiger partial charge in [-0.25, -0.2) is 13.1 Å². The fraction of sp³-hybridized carbons (Fsp3) is 0.900. The molecule has 1 fully saturated rings. The summed E-state index contributed by atoms with van der Waals surface area (Å²) < 4.78 is 25.9. The van der Waals surface area contributed by atoms with Gasteiger partial charge in [-0.05, 0) is 26.7 Å². The Hall–Kier alpha value is -0.620. The lowest BCUT2D eigenvalue weighted by molar-refractivity contribution is -0.129. The second-order valence-electron chi connectivity index (χ2n) is 4.49. The van der Waals surface area contributed by atoms with E-state index >= 15 is 0 Å². The van der Waals surface area contributed by atoms with Crippen LogP contribution in [0, 0.1) is 0 Å². The minimum Gasteiger partial charge on any atom is -0.343 e. The van der Waals surface area contributed by atoms with Crippen LogP contribution in [0.5, 0.6) is 0 Å². The molecular formula is C10H20N2O3S. The summed E-state index contributed by atoms with van der Waals surface area (Å²) in [4.78, 5) is 12.8. The molecule has 1 N–H and O–H groups in total. The first-order valence-corrected chi connectivity index (χ1v) is 7.14. The number of carbonyl (C=O) groups excluding carboxylic acids is 1. The smallest absolute Gasteiger partial charge is 0.219 e. The van der Waals surface area contributed by atoms with Crippen LogP contribution < -0.4 is 4.72 Å². The molecule has 5 nitrogen and oxygen atoms in total. The van der Waals surface area contributed by atoms with Gasteiger partial charge in [0.25, 0.3) is 0 Å². The summed E-state index contributed by atoms with van der Waals surface area (Å²) >= 11 is 0. The van der Waals surface area contributed by atoms with Gasteiger partial charge in [0.15, 0.2) is 0 Å². The molecular weight excluding hydrogens is 228 g/mol. The van der Waals surface area contributed by atoms with Crippen LogP contribution in [0.2, 0.25) is 0 Å². The molecule has 94 valence electrons. The minimum atomic E-state index is -3.19. The third-order valence-electron chi connectivity index (χ3n) is 2.89. The van der Waals surface area contributed by atoms with Crippen molar-refractivity contribution in [1.29, 1.82) is 0 Å². The Bertz CT molecular complexity index is 343.